The molecule has 0 aromatic carbocycles. The van der Waals surface area contributed by atoms with Gasteiger partial charge in [0.1, 0.15) is 0 Å². The Labute approximate surface area is 72.3 Å². The zero-order valence-electron chi connectivity index (χ0n) is 7.52. The van der Waals surface area contributed by atoms with Crippen LogP contribution in [0.1, 0.15) is 12.8 Å². The first-order valence-electron chi connectivity index (χ1n) is 4.12. The van der Waals surface area contributed by atoms with Crippen molar-refractivity contribution in [2.24, 2.45) is 0 Å². The van der Waals surface area contributed by atoms with Gasteiger partial charge in [-0.05, 0) is 26.9 Å². The molecule has 0 saturated carbocycles. The molecule has 5 heteroatoms. The Bertz CT molecular complexity index is 124. The van der Waals surface area contributed by atoms with Crippen molar-refractivity contribution in [3.63, 3.8) is 0 Å². The maximum atomic E-state index is 9.64. The van der Waals surface area contributed by atoms with Crippen LogP contribution in [-0.2, 0) is 10.0 Å². The summed E-state index contributed by atoms with van der Waals surface area (Å²) in [5, 5.41) is 14.5. The molecule has 1 heterocycles. The Morgan fingerprint density at radius 3 is 2.33 bits per heavy atom. The SMILES string of the molecule is CN(C)C1CCN(OO[O-])CC1. The van der Waals surface area contributed by atoms with Gasteiger partial charge < -0.3 is 10.2 Å². The van der Waals surface area contributed by atoms with Gasteiger partial charge >= 0.3 is 0 Å². The Kier molecular flexibility index (Phi) is 3.90. The fourth-order valence-corrected chi connectivity index (χ4v) is 1.48. The monoisotopic (exact) mass is 175 g/mol. The third-order valence-electron chi connectivity index (χ3n) is 2.29. The van der Waals surface area contributed by atoms with E-state index in [1.807, 2.05) is 0 Å². The van der Waals surface area contributed by atoms with Gasteiger partial charge in [0.15, 0.2) is 0 Å². The lowest BCUT2D eigenvalue weighted by molar-refractivity contribution is -0.826. The minimum Gasteiger partial charge on any atom is -0.690 e. The Morgan fingerprint density at radius 2 is 1.92 bits per heavy atom. The molecular weight excluding hydrogens is 160 g/mol. The molecule has 0 amide bonds. The Hall–Kier alpha value is -0.200. The Morgan fingerprint density at radius 1 is 1.33 bits per heavy atom. The highest BCUT2D eigenvalue weighted by Gasteiger charge is 2.20. The largest absolute Gasteiger partial charge is 0.690 e. The molecule has 1 aliphatic heterocycles. The molecule has 5 nitrogen and oxygen atoms in total. The molecule has 0 N–H and O–H groups in total. The second kappa shape index (κ2) is 4.74. The van der Waals surface area contributed by atoms with Gasteiger partial charge in [0.25, 0.3) is 0 Å². The first-order valence-corrected chi connectivity index (χ1v) is 4.12. The number of rotatable bonds is 3. The first kappa shape index (κ1) is 9.88. The van der Waals surface area contributed by atoms with Gasteiger partial charge in [-0.1, -0.05) is 0 Å². The zero-order valence-corrected chi connectivity index (χ0v) is 7.52. The first-order chi connectivity index (χ1) is 5.74. The van der Waals surface area contributed by atoms with E-state index in [1.54, 1.807) is 5.06 Å². The smallest absolute Gasteiger partial charge is 0.0285 e. The van der Waals surface area contributed by atoms with Crippen LogP contribution in [-0.4, -0.2) is 43.2 Å². The van der Waals surface area contributed by atoms with Gasteiger partial charge in [-0.15, -0.1) is 4.99 Å². The molecule has 12 heavy (non-hydrogen) atoms. The molecule has 0 aromatic heterocycles. The molecule has 0 bridgehead atoms. The molecule has 0 spiro atoms. The van der Waals surface area contributed by atoms with Crippen LogP contribution in [0.5, 0.6) is 0 Å². The van der Waals surface area contributed by atoms with Crippen LogP contribution < -0.4 is 5.26 Å². The van der Waals surface area contributed by atoms with Crippen LogP contribution in [0.15, 0.2) is 0 Å². The predicted octanol–water partition coefficient (Wildman–Crippen LogP) is -0.849. The van der Waals surface area contributed by atoms with E-state index >= 15 is 0 Å². The molecule has 1 fully saturated rings. The van der Waals surface area contributed by atoms with E-state index < -0.39 is 0 Å². The van der Waals surface area contributed by atoms with Crippen molar-refractivity contribution in [3.05, 3.63) is 0 Å². The van der Waals surface area contributed by atoms with E-state index in [0.717, 1.165) is 25.9 Å². The third kappa shape index (κ3) is 2.69. The van der Waals surface area contributed by atoms with Crippen LogP contribution in [0, 0.1) is 0 Å². The molecule has 72 valence electrons. The van der Waals surface area contributed by atoms with Gasteiger partial charge in [-0.25, -0.2) is 0 Å². The number of nitrogens with zero attached hydrogens (tertiary/aromatic N) is 2. The third-order valence-corrected chi connectivity index (χ3v) is 2.29. The van der Waals surface area contributed by atoms with Crippen LogP contribution in [0.25, 0.3) is 0 Å². The standard InChI is InChI=1S/C7H16N2O3/c1-8(2)7-3-5-9(6-4-7)11-12-10/h7,10H,3-6H2,1-2H3/p-1. The maximum Gasteiger partial charge on any atom is 0.0285 e. The van der Waals surface area contributed by atoms with Crippen molar-refractivity contribution in [2.45, 2.75) is 18.9 Å². The summed E-state index contributed by atoms with van der Waals surface area (Å²) in [5.41, 5.74) is 0. The minimum atomic E-state index is 0.594. The lowest BCUT2D eigenvalue weighted by Gasteiger charge is -2.33. The van der Waals surface area contributed by atoms with Crippen molar-refractivity contribution < 1.29 is 15.3 Å². The second-order valence-corrected chi connectivity index (χ2v) is 3.27. The summed E-state index contributed by atoms with van der Waals surface area (Å²) >= 11 is 0. The van der Waals surface area contributed by atoms with E-state index in [4.69, 9.17) is 0 Å². The number of piperidine rings is 1. The highest BCUT2D eigenvalue weighted by Crippen LogP contribution is 2.13. The Balaban J connectivity index is 2.20. The molecule has 0 atom stereocenters. The topological polar surface area (TPSA) is 48.0 Å². The molecular formula is C7H15N2O3-. The van der Waals surface area contributed by atoms with E-state index in [-0.39, 0.29) is 0 Å². The van der Waals surface area contributed by atoms with Gasteiger partial charge in [-0.3, -0.25) is 5.04 Å². The minimum absolute atomic E-state index is 0.594. The predicted molar refractivity (Wildman–Crippen MR) is 40.5 cm³/mol. The molecule has 0 aliphatic carbocycles. The summed E-state index contributed by atoms with van der Waals surface area (Å²) < 4.78 is 0. The van der Waals surface area contributed by atoms with Crippen molar-refractivity contribution in [1.82, 2.24) is 9.96 Å². The number of hydrogen-bond donors (Lipinski definition) is 0. The van der Waals surface area contributed by atoms with Gasteiger partial charge in [0, 0.05) is 19.1 Å². The van der Waals surface area contributed by atoms with Crippen LogP contribution in [0.4, 0.5) is 0 Å². The van der Waals surface area contributed by atoms with Crippen LogP contribution in [0.2, 0.25) is 0 Å². The van der Waals surface area contributed by atoms with Crippen molar-refractivity contribution in [1.29, 1.82) is 0 Å². The van der Waals surface area contributed by atoms with Gasteiger partial charge in [-0.2, -0.15) is 5.06 Å². The zero-order chi connectivity index (χ0) is 8.97. The summed E-state index contributed by atoms with van der Waals surface area (Å²) in [4.78, 5) is 6.56. The molecule has 0 unspecified atom stereocenters. The van der Waals surface area contributed by atoms with Crippen LogP contribution in [0.3, 0.4) is 0 Å². The van der Waals surface area contributed by atoms with E-state index in [1.165, 1.54) is 0 Å². The molecule has 1 saturated heterocycles. The average Bonchev–Trinajstić information content (AvgIpc) is 2.06. The molecule has 1 aliphatic rings. The number of hydrogen-bond acceptors (Lipinski definition) is 5. The summed E-state index contributed by atoms with van der Waals surface area (Å²) in [5.74, 6) is 0. The summed E-state index contributed by atoms with van der Waals surface area (Å²) in [7, 11) is 4.12. The van der Waals surface area contributed by atoms with Crippen LogP contribution >= 0.6 is 0 Å². The molecule has 1 rings (SSSR count). The van der Waals surface area contributed by atoms with E-state index in [9.17, 15) is 5.26 Å². The van der Waals surface area contributed by atoms with Gasteiger partial charge in [0.2, 0.25) is 0 Å². The average molecular weight is 175 g/mol. The molecule has 0 radical (unpaired) electrons. The highest BCUT2D eigenvalue weighted by atomic mass is 17.5. The summed E-state index contributed by atoms with van der Waals surface area (Å²) in [6, 6.07) is 0.594. The second-order valence-electron chi connectivity index (χ2n) is 3.27. The fourth-order valence-electron chi connectivity index (χ4n) is 1.48. The summed E-state index contributed by atoms with van der Waals surface area (Å²) in [6.45, 7) is 1.51. The number of hydroxylamine groups is 2. The van der Waals surface area contributed by atoms with Crippen molar-refractivity contribution >= 4 is 0 Å². The molecule has 0 aromatic rings. The van der Waals surface area contributed by atoms with E-state index in [2.05, 4.69) is 29.0 Å². The van der Waals surface area contributed by atoms with Crippen molar-refractivity contribution in [2.75, 3.05) is 27.2 Å². The van der Waals surface area contributed by atoms with E-state index in [0.29, 0.717) is 6.04 Å². The normalized spacial score (nSPS) is 22.0. The highest BCUT2D eigenvalue weighted by molar-refractivity contribution is 4.72. The fraction of sp³-hybridized carbons (Fsp3) is 1.00. The van der Waals surface area contributed by atoms with Gasteiger partial charge in [0.05, 0.1) is 0 Å². The van der Waals surface area contributed by atoms with Crippen molar-refractivity contribution in [3.8, 4) is 0 Å². The quantitative estimate of drug-likeness (QED) is 0.413. The maximum absolute atomic E-state index is 9.64. The lowest BCUT2D eigenvalue weighted by atomic mass is 10.1. The summed E-state index contributed by atoms with van der Waals surface area (Å²) in [6.07, 6.45) is 2.02. The lowest BCUT2D eigenvalue weighted by Crippen LogP contribution is -2.42.